The summed E-state index contributed by atoms with van der Waals surface area (Å²) in [5, 5.41) is 0. The molecule has 0 spiro atoms. The van der Waals surface area contributed by atoms with Crippen molar-refractivity contribution in [2.45, 2.75) is 20.3 Å². The Balaban J connectivity index is 2.12. The molecule has 0 aliphatic carbocycles. The average molecular weight is 247 g/mol. The van der Waals surface area contributed by atoms with Crippen LogP contribution < -0.4 is 10.6 Å². The van der Waals surface area contributed by atoms with E-state index in [1.165, 1.54) is 11.3 Å². The SMILES string of the molecule is CC(=O)N1CCCN(c2ccc(N)cc2C)CC1. The van der Waals surface area contributed by atoms with Crippen molar-refractivity contribution >= 4 is 17.3 Å². The van der Waals surface area contributed by atoms with Gasteiger partial charge in [0.15, 0.2) is 0 Å². The fourth-order valence-corrected chi connectivity index (χ4v) is 2.51. The number of nitrogen functional groups attached to an aromatic ring is 1. The summed E-state index contributed by atoms with van der Waals surface area (Å²) in [4.78, 5) is 15.7. The van der Waals surface area contributed by atoms with Gasteiger partial charge in [0.25, 0.3) is 0 Å². The van der Waals surface area contributed by atoms with Gasteiger partial charge in [0, 0.05) is 44.5 Å². The van der Waals surface area contributed by atoms with Gasteiger partial charge in [0.1, 0.15) is 0 Å². The van der Waals surface area contributed by atoms with Crippen LogP contribution in [0.15, 0.2) is 18.2 Å². The third kappa shape index (κ3) is 2.75. The van der Waals surface area contributed by atoms with E-state index in [1.54, 1.807) is 6.92 Å². The van der Waals surface area contributed by atoms with Crippen LogP contribution in [0.1, 0.15) is 18.9 Å². The number of hydrogen-bond acceptors (Lipinski definition) is 3. The maximum Gasteiger partial charge on any atom is 0.219 e. The molecule has 18 heavy (non-hydrogen) atoms. The average Bonchev–Trinajstić information content (AvgIpc) is 2.54. The minimum atomic E-state index is 0.172. The molecule has 2 N–H and O–H groups in total. The van der Waals surface area contributed by atoms with Crippen LogP contribution in [0.4, 0.5) is 11.4 Å². The summed E-state index contributed by atoms with van der Waals surface area (Å²) in [5.74, 6) is 0.172. The normalized spacial score (nSPS) is 16.6. The summed E-state index contributed by atoms with van der Waals surface area (Å²) in [6.07, 6.45) is 1.02. The van der Waals surface area contributed by atoms with Gasteiger partial charge >= 0.3 is 0 Å². The minimum Gasteiger partial charge on any atom is -0.399 e. The maximum atomic E-state index is 11.4. The summed E-state index contributed by atoms with van der Waals surface area (Å²) in [5.41, 5.74) is 9.01. The number of amides is 1. The number of hydrogen-bond donors (Lipinski definition) is 1. The molecule has 0 atom stereocenters. The minimum absolute atomic E-state index is 0.172. The number of carbonyl (C=O) groups excluding carboxylic acids is 1. The van der Waals surface area contributed by atoms with Crippen LogP contribution in [0.25, 0.3) is 0 Å². The fourth-order valence-electron chi connectivity index (χ4n) is 2.51. The fraction of sp³-hybridized carbons (Fsp3) is 0.500. The lowest BCUT2D eigenvalue weighted by Gasteiger charge is -2.25. The first-order valence-electron chi connectivity index (χ1n) is 6.44. The summed E-state index contributed by atoms with van der Waals surface area (Å²) in [6.45, 7) is 7.28. The van der Waals surface area contributed by atoms with Gasteiger partial charge in [0.05, 0.1) is 0 Å². The molecule has 1 aliphatic heterocycles. The lowest BCUT2D eigenvalue weighted by Crippen LogP contribution is -2.33. The van der Waals surface area contributed by atoms with E-state index in [0.29, 0.717) is 0 Å². The van der Waals surface area contributed by atoms with Gasteiger partial charge in [0.2, 0.25) is 5.91 Å². The summed E-state index contributed by atoms with van der Waals surface area (Å²) in [7, 11) is 0. The molecule has 2 rings (SSSR count). The van der Waals surface area contributed by atoms with Gasteiger partial charge in [-0.2, -0.15) is 0 Å². The molecule has 1 fully saturated rings. The molecule has 1 aromatic carbocycles. The van der Waals surface area contributed by atoms with E-state index >= 15 is 0 Å². The maximum absolute atomic E-state index is 11.4. The Morgan fingerprint density at radius 2 is 2.00 bits per heavy atom. The van der Waals surface area contributed by atoms with E-state index in [1.807, 2.05) is 17.0 Å². The lowest BCUT2D eigenvalue weighted by molar-refractivity contribution is -0.128. The third-order valence-electron chi connectivity index (χ3n) is 3.50. The first kappa shape index (κ1) is 12.7. The largest absolute Gasteiger partial charge is 0.399 e. The zero-order valence-electron chi connectivity index (χ0n) is 11.1. The molecule has 1 heterocycles. The second-order valence-electron chi connectivity index (χ2n) is 4.89. The molecule has 0 radical (unpaired) electrons. The Hall–Kier alpha value is -1.71. The molecule has 0 bridgehead atoms. The molecule has 1 saturated heterocycles. The van der Waals surface area contributed by atoms with Crippen LogP contribution in [0.2, 0.25) is 0 Å². The first-order chi connectivity index (χ1) is 8.58. The van der Waals surface area contributed by atoms with E-state index in [4.69, 9.17) is 5.73 Å². The highest BCUT2D eigenvalue weighted by Gasteiger charge is 2.17. The monoisotopic (exact) mass is 247 g/mol. The molecule has 4 nitrogen and oxygen atoms in total. The van der Waals surface area contributed by atoms with Crippen LogP contribution in [0.3, 0.4) is 0 Å². The Bertz CT molecular complexity index is 445. The van der Waals surface area contributed by atoms with Crippen molar-refractivity contribution in [3.63, 3.8) is 0 Å². The van der Waals surface area contributed by atoms with Gasteiger partial charge in [-0.3, -0.25) is 4.79 Å². The molecule has 1 aromatic rings. The Labute approximate surface area is 108 Å². The van der Waals surface area contributed by atoms with Crippen molar-refractivity contribution in [2.24, 2.45) is 0 Å². The predicted octanol–water partition coefficient (Wildman–Crippen LogP) is 1.64. The van der Waals surface area contributed by atoms with E-state index in [2.05, 4.69) is 17.9 Å². The van der Waals surface area contributed by atoms with Crippen molar-refractivity contribution in [2.75, 3.05) is 36.8 Å². The van der Waals surface area contributed by atoms with Gasteiger partial charge in [-0.1, -0.05) is 0 Å². The summed E-state index contributed by atoms with van der Waals surface area (Å²) >= 11 is 0. The number of rotatable bonds is 1. The highest BCUT2D eigenvalue weighted by Crippen LogP contribution is 2.23. The van der Waals surface area contributed by atoms with Crippen molar-refractivity contribution in [3.8, 4) is 0 Å². The second-order valence-corrected chi connectivity index (χ2v) is 4.89. The summed E-state index contributed by atoms with van der Waals surface area (Å²) in [6, 6.07) is 6.02. The zero-order valence-corrected chi connectivity index (χ0v) is 11.1. The second kappa shape index (κ2) is 5.29. The van der Waals surface area contributed by atoms with Crippen LogP contribution in [-0.4, -0.2) is 37.0 Å². The molecule has 98 valence electrons. The number of anilines is 2. The van der Waals surface area contributed by atoms with Crippen molar-refractivity contribution in [1.82, 2.24) is 4.90 Å². The molecular weight excluding hydrogens is 226 g/mol. The van der Waals surface area contributed by atoms with E-state index in [0.717, 1.165) is 38.3 Å². The molecule has 1 amide bonds. The van der Waals surface area contributed by atoms with Gasteiger partial charge in [-0.15, -0.1) is 0 Å². The number of nitrogens with two attached hydrogens (primary N) is 1. The first-order valence-corrected chi connectivity index (χ1v) is 6.44. The number of nitrogens with zero attached hydrogens (tertiary/aromatic N) is 2. The van der Waals surface area contributed by atoms with Crippen LogP contribution in [-0.2, 0) is 4.79 Å². The quantitative estimate of drug-likeness (QED) is 0.767. The van der Waals surface area contributed by atoms with E-state index in [-0.39, 0.29) is 5.91 Å². The van der Waals surface area contributed by atoms with E-state index in [9.17, 15) is 4.79 Å². The zero-order chi connectivity index (χ0) is 13.1. The molecular formula is C14H21N3O. The van der Waals surface area contributed by atoms with Gasteiger partial charge < -0.3 is 15.5 Å². The number of carbonyl (C=O) groups is 1. The predicted molar refractivity (Wildman–Crippen MR) is 74.7 cm³/mol. The van der Waals surface area contributed by atoms with Crippen LogP contribution in [0, 0.1) is 6.92 Å². The Kier molecular flexibility index (Phi) is 3.75. The molecule has 0 saturated carbocycles. The number of aryl methyl sites for hydroxylation is 1. The number of benzene rings is 1. The molecule has 4 heteroatoms. The lowest BCUT2D eigenvalue weighted by atomic mass is 10.1. The van der Waals surface area contributed by atoms with Crippen molar-refractivity contribution in [3.05, 3.63) is 23.8 Å². The standard InChI is InChI=1S/C14H21N3O/c1-11-10-13(15)4-5-14(11)17-7-3-6-16(8-9-17)12(2)18/h4-5,10H,3,6-9,15H2,1-2H3. The van der Waals surface area contributed by atoms with Gasteiger partial charge in [-0.05, 0) is 37.1 Å². The molecule has 0 aromatic heterocycles. The Morgan fingerprint density at radius 1 is 1.22 bits per heavy atom. The smallest absolute Gasteiger partial charge is 0.219 e. The topological polar surface area (TPSA) is 49.6 Å². The van der Waals surface area contributed by atoms with Crippen LogP contribution in [0.5, 0.6) is 0 Å². The highest BCUT2D eigenvalue weighted by molar-refractivity contribution is 5.73. The molecule has 1 aliphatic rings. The Morgan fingerprint density at radius 3 is 2.67 bits per heavy atom. The molecule has 0 unspecified atom stereocenters. The van der Waals surface area contributed by atoms with Crippen molar-refractivity contribution < 1.29 is 4.79 Å². The summed E-state index contributed by atoms with van der Waals surface area (Å²) < 4.78 is 0. The third-order valence-corrected chi connectivity index (χ3v) is 3.50. The van der Waals surface area contributed by atoms with Gasteiger partial charge in [-0.25, -0.2) is 0 Å². The van der Waals surface area contributed by atoms with E-state index < -0.39 is 0 Å². The van der Waals surface area contributed by atoms with Crippen molar-refractivity contribution in [1.29, 1.82) is 0 Å². The highest BCUT2D eigenvalue weighted by atomic mass is 16.2. The van der Waals surface area contributed by atoms with Crippen LogP contribution >= 0.6 is 0 Å².